The SMILES string of the molecule is COc1cc(C(=O)NC[C@@](O)(c2ccccc2)c2cc3c(c(-c4ccc(F)c(Cl)c4Cl)n2)OC[C@]3(C)C(N)=O)cc2cn(C3CC3)nc12. The fourth-order valence-electron chi connectivity index (χ4n) is 5.99. The van der Waals surface area contributed by atoms with Gasteiger partial charge in [-0.15, -0.1) is 0 Å². The first-order valence-electron chi connectivity index (χ1n) is 15.2. The number of benzene rings is 3. The lowest BCUT2D eigenvalue weighted by atomic mass is 9.80. The molecular formula is C35H30Cl2FN5O5. The van der Waals surface area contributed by atoms with Crippen molar-refractivity contribution in [3.8, 4) is 22.8 Å². The van der Waals surface area contributed by atoms with E-state index < -0.39 is 28.6 Å². The summed E-state index contributed by atoms with van der Waals surface area (Å²) in [5.74, 6) is -1.25. The summed E-state index contributed by atoms with van der Waals surface area (Å²) in [4.78, 5) is 31.3. The highest BCUT2D eigenvalue weighted by molar-refractivity contribution is 6.43. The molecule has 48 heavy (non-hydrogen) atoms. The molecule has 246 valence electrons. The standard InChI is InChI=1S/C35H30Cl2FN5O5/c1-34(33(39)45)17-48-31-23(34)14-26(41-30(31)22-10-11-24(38)28(37)27(22)36)35(46,20-6-4-3-5-7-20)16-40-32(44)18-12-19-15-43(21-8-9-21)42-29(19)25(13-18)47-2/h3-7,10-15,21,46H,8-9,16-17H2,1-2H3,(H2,39,45)(H,40,44)/t34-,35+/m0/s1. The maximum absolute atomic E-state index is 14.3. The van der Waals surface area contributed by atoms with Crippen molar-refractivity contribution in [3.63, 3.8) is 0 Å². The van der Waals surface area contributed by atoms with Crippen LogP contribution in [0.15, 0.2) is 66.9 Å². The number of aliphatic hydroxyl groups is 1. The van der Waals surface area contributed by atoms with E-state index in [2.05, 4.69) is 10.4 Å². The summed E-state index contributed by atoms with van der Waals surface area (Å²) in [6, 6.07) is 16.4. The van der Waals surface area contributed by atoms with Crippen LogP contribution in [-0.2, 0) is 15.8 Å². The Morgan fingerprint density at radius 3 is 2.60 bits per heavy atom. The Balaban J connectivity index is 1.34. The van der Waals surface area contributed by atoms with Gasteiger partial charge in [-0.1, -0.05) is 53.5 Å². The number of nitrogens with two attached hydrogens (primary N) is 1. The summed E-state index contributed by atoms with van der Waals surface area (Å²) in [5.41, 5.74) is 4.65. The lowest BCUT2D eigenvalue weighted by molar-refractivity contribution is -0.123. The van der Waals surface area contributed by atoms with Gasteiger partial charge in [0, 0.05) is 28.3 Å². The largest absolute Gasteiger partial charge is 0.494 e. The van der Waals surface area contributed by atoms with Gasteiger partial charge < -0.3 is 25.6 Å². The van der Waals surface area contributed by atoms with Gasteiger partial charge in [-0.2, -0.15) is 5.10 Å². The zero-order valence-electron chi connectivity index (χ0n) is 25.9. The summed E-state index contributed by atoms with van der Waals surface area (Å²) in [6.07, 6.45) is 3.99. The van der Waals surface area contributed by atoms with Crippen molar-refractivity contribution in [2.75, 3.05) is 20.3 Å². The Kier molecular flexibility index (Phi) is 7.81. The molecule has 2 aliphatic rings. The highest BCUT2D eigenvalue weighted by Gasteiger charge is 2.46. The van der Waals surface area contributed by atoms with E-state index in [0.717, 1.165) is 24.3 Å². The minimum absolute atomic E-state index is 0.0518. The molecule has 2 atom stereocenters. The molecule has 0 unspecified atom stereocenters. The molecule has 0 spiro atoms. The third-order valence-corrected chi connectivity index (χ3v) is 9.94. The number of pyridine rings is 1. The fraction of sp³-hybridized carbons (Fsp3) is 0.257. The molecule has 7 rings (SSSR count). The molecule has 1 aliphatic carbocycles. The molecule has 1 saturated carbocycles. The van der Waals surface area contributed by atoms with Gasteiger partial charge >= 0.3 is 0 Å². The van der Waals surface area contributed by atoms with Gasteiger partial charge in [0.2, 0.25) is 5.91 Å². The van der Waals surface area contributed by atoms with E-state index >= 15 is 0 Å². The number of primary amides is 1. The van der Waals surface area contributed by atoms with E-state index in [0.29, 0.717) is 34.0 Å². The molecule has 1 fully saturated rings. The second-order valence-electron chi connectivity index (χ2n) is 12.3. The normalized spacial score (nSPS) is 18.2. The van der Waals surface area contributed by atoms with E-state index in [1.807, 2.05) is 10.9 Å². The maximum atomic E-state index is 14.3. The van der Waals surface area contributed by atoms with Gasteiger partial charge in [-0.05, 0) is 55.7 Å². The highest BCUT2D eigenvalue weighted by atomic mass is 35.5. The van der Waals surface area contributed by atoms with E-state index in [9.17, 15) is 19.1 Å². The van der Waals surface area contributed by atoms with Crippen LogP contribution in [-0.4, -0.2) is 51.9 Å². The Hall–Kier alpha value is -4.71. The molecule has 4 N–H and O–H groups in total. The van der Waals surface area contributed by atoms with E-state index in [-0.39, 0.29) is 45.9 Å². The second kappa shape index (κ2) is 11.8. The maximum Gasteiger partial charge on any atom is 0.251 e. The molecule has 10 nitrogen and oxygen atoms in total. The number of carbonyl (C=O) groups is 2. The van der Waals surface area contributed by atoms with Crippen LogP contribution in [0.2, 0.25) is 10.0 Å². The number of hydrogen-bond acceptors (Lipinski definition) is 7. The average molecular weight is 691 g/mol. The number of ether oxygens (including phenoxy) is 2. The summed E-state index contributed by atoms with van der Waals surface area (Å²) < 4.78 is 27.8. The smallest absolute Gasteiger partial charge is 0.251 e. The molecule has 3 aromatic carbocycles. The predicted octanol–water partition coefficient (Wildman–Crippen LogP) is 5.69. The van der Waals surface area contributed by atoms with Crippen LogP contribution >= 0.6 is 23.2 Å². The summed E-state index contributed by atoms with van der Waals surface area (Å²) in [6.45, 7) is 1.17. The van der Waals surface area contributed by atoms with E-state index in [1.165, 1.54) is 19.2 Å². The number of nitrogens with one attached hydrogen (secondary N) is 1. The van der Waals surface area contributed by atoms with Gasteiger partial charge in [0.05, 0.1) is 35.4 Å². The van der Waals surface area contributed by atoms with Crippen LogP contribution < -0.4 is 20.5 Å². The molecule has 3 heterocycles. The van der Waals surface area contributed by atoms with Gasteiger partial charge in [0.25, 0.3) is 5.91 Å². The minimum Gasteiger partial charge on any atom is -0.494 e. The van der Waals surface area contributed by atoms with E-state index in [4.69, 9.17) is 43.4 Å². The van der Waals surface area contributed by atoms with Crippen LogP contribution in [0.3, 0.4) is 0 Å². The average Bonchev–Trinajstić information content (AvgIpc) is 3.76. The number of hydrogen-bond donors (Lipinski definition) is 3. The molecule has 0 bridgehead atoms. The Labute approximate surface area is 284 Å². The number of rotatable bonds is 9. The number of aromatic nitrogens is 3. The molecule has 5 aromatic rings. The Morgan fingerprint density at radius 1 is 1.17 bits per heavy atom. The first kappa shape index (κ1) is 31.9. The van der Waals surface area contributed by atoms with Crippen molar-refractivity contribution in [2.45, 2.75) is 36.8 Å². The second-order valence-corrected chi connectivity index (χ2v) is 13.1. The van der Waals surface area contributed by atoms with Gasteiger partial charge in [-0.25, -0.2) is 9.37 Å². The molecule has 0 saturated heterocycles. The van der Waals surface area contributed by atoms with Crippen LogP contribution in [0.5, 0.6) is 11.5 Å². The van der Waals surface area contributed by atoms with Crippen LogP contribution in [0.1, 0.15) is 53.0 Å². The first-order chi connectivity index (χ1) is 22.9. The third-order valence-electron chi connectivity index (χ3n) is 9.08. The van der Waals surface area contributed by atoms with Crippen molar-refractivity contribution in [2.24, 2.45) is 5.73 Å². The quantitative estimate of drug-likeness (QED) is 0.169. The number of fused-ring (bicyclic) bond motifs is 2. The summed E-state index contributed by atoms with van der Waals surface area (Å²) >= 11 is 12.7. The Bertz CT molecular complexity index is 2120. The fourth-order valence-corrected chi connectivity index (χ4v) is 6.40. The van der Waals surface area contributed by atoms with Crippen molar-refractivity contribution in [1.82, 2.24) is 20.1 Å². The molecule has 1 aliphatic heterocycles. The van der Waals surface area contributed by atoms with Crippen molar-refractivity contribution in [3.05, 3.63) is 105 Å². The highest BCUT2D eigenvalue weighted by Crippen LogP contribution is 2.48. The molecule has 2 aromatic heterocycles. The minimum atomic E-state index is -1.96. The lowest BCUT2D eigenvalue weighted by Crippen LogP contribution is -2.43. The number of methoxy groups -OCH3 is 1. The lowest BCUT2D eigenvalue weighted by Gasteiger charge is -2.30. The predicted molar refractivity (Wildman–Crippen MR) is 178 cm³/mol. The van der Waals surface area contributed by atoms with Gasteiger partial charge in [0.15, 0.2) is 0 Å². The number of nitrogens with zero attached hydrogens (tertiary/aromatic N) is 3. The van der Waals surface area contributed by atoms with Gasteiger partial charge in [-0.3, -0.25) is 14.3 Å². The molecular weight excluding hydrogens is 660 g/mol. The Morgan fingerprint density at radius 2 is 1.92 bits per heavy atom. The van der Waals surface area contributed by atoms with Crippen LogP contribution in [0.25, 0.3) is 22.2 Å². The number of amides is 2. The number of carbonyl (C=O) groups excluding carboxylic acids is 2. The zero-order valence-corrected chi connectivity index (χ0v) is 27.4. The van der Waals surface area contributed by atoms with Crippen molar-refractivity contribution >= 4 is 45.9 Å². The van der Waals surface area contributed by atoms with E-state index in [1.54, 1.807) is 49.4 Å². The first-order valence-corrected chi connectivity index (χ1v) is 16.0. The topological polar surface area (TPSA) is 142 Å². The van der Waals surface area contributed by atoms with Crippen molar-refractivity contribution in [1.29, 1.82) is 0 Å². The monoisotopic (exact) mass is 689 g/mol. The summed E-state index contributed by atoms with van der Waals surface area (Å²) in [5, 5.41) is 20.4. The van der Waals surface area contributed by atoms with Crippen LogP contribution in [0.4, 0.5) is 4.39 Å². The molecule has 0 radical (unpaired) electrons. The van der Waals surface area contributed by atoms with Crippen molar-refractivity contribution < 1.29 is 28.6 Å². The molecule has 13 heteroatoms. The van der Waals surface area contributed by atoms with Crippen LogP contribution in [0, 0.1) is 5.82 Å². The zero-order chi connectivity index (χ0) is 34.0. The number of halogens is 3. The summed E-state index contributed by atoms with van der Waals surface area (Å²) in [7, 11) is 1.52. The third kappa shape index (κ3) is 5.22. The molecule has 2 amide bonds. The van der Waals surface area contributed by atoms with Gasteiger partial charge in [0.1, 0.15) is 46.1 Å².